The monoisotopic (exact) mass is 629 g/mol. The van der Waals surface area contributed by atoms with E-state index in [1.54, 1.807) is 53.4 Å². The number of hydrogen-bond acceptors (Lipinski definition) is 4. The molecule has 1 aliphatic rings. The molecule has 0 saturated heterocycles. The van der Waals surface area contributed by atoms with Gasteiger partial charge < -0.3 is 10.2 Å². The molecule has 0 unspecified atom stereocenters. The summed E-state index contributed by atoms with van der Waals surface area (Å²) in [5.41, 5.74) is 1.60. The summed E-state index contributed by atoms with van der Waals surface area (Å²) in [7, 11) is -2.18. The van der Waals surface area contributed by atoms with Crippen LogP contribution in [0.2, 0.25) is 10.0 Å². The minimum atomic E-state index is -3.68. The summed E-state index contributed by atoms with van der Waals surface area (Å²) in [6.45, 7) is 0.263. The Balaban J connectivity index is 1.56. The van der Waals surface area contributed by atoms with Crippen LogP contribution < -0.4 is 5.32 Å². The number of sulfonamides is 1. The second-order valence-corrected chi connectivity index (χ2v) is 13.6. The van der Waals surface area contributed by atoms with Crippen molar-refractivity contribution in [2.24, 2.45) is 0 Å². The number of halogens is 2. The van der Waals surface area contributed by atoms with Gasteiger partial charge in [-0.2, -0.15) is 0 Å². The zero-order valence-corrected chi connectivity index (χ0v) is 26.0. The van der Waals surface area contributed by atoms with Crippen LogP contribution in [0.3, 0.4) is 0 Å². The van der Waals surface area contributed by atoms with Crippen molar-refractivity contribution in [1.29, 1.82) is 0 Å². The summed E-state index contributed by atoms with van der Waals surface area (Å²) in [5.74, 6) is -0.456. The van der Waals surface area contributed by atoms with Crippen LogP contribution >= 0.6 is 23.2 Å². The first-order chi connectivity index (χ1) is 20.1. The quantitative estimate of drug-likeness (QED) is 0.248. The van der Waals surface area contributed by atoms with Gasteiger partial charge in [0.2, 0.25) is 21.8 Å². The summed E-state index contributed by atoms with van der Waals surface area (Å²) in [5, 5.41) is 4.06. The van der Waals surface area contributed by atoms with Gasteiger partial charge in [0.1, 0.15) is 6.04 Å². The number of carbonyl (C=O) groups excluding carboxylic acids is 2. The van der Waals surface area contributed by atoms with Crippen LogP contribution in [0.25, 0.3) is 0 Å². The van der Waals surface area contributed by atoms with E-state index < -0.39 is 16.1 Å². The standard InChI is InChI=1S/C32H37Cl2N3O4S/c1-36(42(40,41)28-15-6-3-7-16-28)20-10-17-31(38)37(23-25-18-19-26(33)22-29(25)34)30(21-24-11-4-2-5-12-24)32(39)35-27-13-8-9-14-27/h2-7,11-12,15-16,18-19,22,27,30H,8-10,13-14,17,20-21,23H2,1H3,(H,35,39)/t30-/m1/s1. The highest BCUT2D eigenvalue weighted by atomic mass is 35.5. The normalized spacial score (nSPS) is 14.6. The fourth-order valence-electron chi connectivity index (χ4n) is 5.24. The van der Waals surface area contributed by atoms with E-state index in [-0.39, 0.29) is 48.7 Å². The molecule has 4 rings (SSSR count). The molecule has 3 aromatic carbocycles. The number of nitrogens with one attached hydrogen (secondary N) is 1. The minimum Gasteiger partial charge on any atom is -0.352 e. The Labute approximate surface area is 258 Å². The maximum atomic E-state index is 13.9. The maximum absolute atomic E-state index is 13.9. The zero-order valence-electron chi connectivity index (χ0n) is 23.7. The third kappa shape index (κ3) is 8.57. The minimum absolute atomic E-state index is 0.0574. The van der Waals surface area contributed by atoms with Crippen LogP contribution in [-0.2, 0) is 32.6 Å². The van der Waals surface area contributed by atoms with Crippen LogP contribution in [0.5, 0.6) is 0 Å². The summed E-state index contributed by atoms with van der Waals surface area (Å²) in [6.07, 6.45) is 4.65. The molecule has 1 fully saturated rings. The topological polar surface area (TPSA) is 86.8 Å². The van der Waals surface area contributed by atoms with Crippen molar-refractivity contribution < 1.29 is 18.0 Å². The molecule has 10 heteroatoms. The lowest BCUT2D eigenvalue weighted by atomic mass is 10.0. The Morgan fingerprint density at radius 1 is 0.952 bits per heavy atom. The molecule has 7 nitrogen and oxygen atoms in total. The van der Waals surface area contributed by atoms with Gasteiger partial charge in [-0.3, -0.25) is 9.59 Å². The number of carbonyl (C=O) groups is 2. The highest BCUT2D eigenvalue weighted by Gasteiger charge is 2.32. The zero-order chi connectivity index (χ0) is 30.1. The van der Waals surface area contributed by atoms with Crippen molar-refractivity contribution >= 4 is 45.0 Å². The SMILES string of the molecule is CN(CCCC(=O)N(Cc1ccc(Cl)cc1Cl)[C@H](Cc1ccccc1)C(=O)NC1CCCC1)S(=O)(=O)c1ccccc1. The van der Waals surface area contributed by atoms with Crippen molar-refractivity contribution in [3.8, 4) is 0 Å². The van der Waals surface area contributed by atoms with Crippen LogP contribution in [0.4, 0.5) is 0 Å². The fourth-order valence-corrected chi connectivity index (χ4v) is 6.94. The summed E-state index contributed by atoms with van der Waals surface area (Å²) < 4.78 is 27.2. The van der Waals surface area contributed by atoms with Gasteiger partial charge in [0, 0.05) is 49.1 Å². The summed E-state index contributed by atoms with van der Waals surface area (Å²) >= 11 is 12.6. The van der Waals surface area contributed by atoms with E-state index >= 15 is 0 Å². The smallest absolute Gasteiger partial charge is 0.243 e. The van der Waals surface area contributed by atoms with Crippen LogP contribution in [0.1, 0.15) is 49.7 Å². The Kier molecular flexibility index (Phi) is 11.4. The van der Waals surface area contributed by atoms with Gasteiger partial charge in [0.05, 0.1) is 4.90 Å². The molecule has 3 aromatic rings. The molecule has 0 aromatic heterocycles. The summed E-state index contributed by atoms with van der Waals surface area (Å²) in [6, 6.07) is 22.2. The number of benzene rings is 3. The second kappa shape index (κ2) is 15.0. The van der Waals surface area contributed by atoms with Crippen molar-refractivity contribution in [3.63, 3.8) is 0 Å². The molecular formula is C32H37Cl2N3O4S. The van der Waals surface area contributed by atoms with E-state index in [9.17, 15) is 18.0 Å². The van der Waals surface area contributed by atoms with Gasteiger partial charge in [0.25, 0.3) is 0 Å². The molecule has 0 spiro atoms. The second-order valence-electron chi connectivity index (χ2n) is 10.7. The van der Waals surface area contributed by atoms with Gasteiger partial charge in [-0.15, -0.1) is 0 Å². The Morgan fingerprint density at radius 2 is 1.60 bits per heavy atom. The lowest BCUT2D eigenvalue weighted by Gasteiger charge is -2.33. The van der Waals surface area contributed by atoms with E-state index in [4.69, 9.17) is 23.2 Å². The van der Waals surface area contributed by atoms with Crippen molar-refractivity contribution in [1.82, 2.24) is 14.5 Å². The Bertz CT molecular complexity index is 1450. The van der Waals surface area contributed by atoms with E-state index in [1.165, 1.54) is 11.4 Å². The highest BCUT2D eigenvalue weighted by Crippen LogP contribution is 2.25. The molecule has 0 heterocycles. The largest absolute Gasteiger partial charge is 0.352 e. The van der Waals surface area contributed by atoms with Crippen molar-refractivity contribution in [2.45, 2.75) is 68.5 Å². The highest BCUT2D eigenvalue weighted by molar-refractivity contribution is 7.89. The van der Waals surface area contributed by atoms with E-state index in [1.807, 2.05) is 30.3 Å². The van der Waals surface area contributed by atoms with Gasteiger partial charge >= 0.3 is 0 Å². The fraction of sp³-hybridized carbons (Fsp3) is 0.375. The molecule has 1 N–H and O–H groups in total. The van der Waals surface area contributed by atoms with Gasteiger partial charge in [-0.05, 0) is 54.7 Å². The van der Waals surface area contributed by atoms with E-state index in [0.29, 0.717) is 22.0 Å². The molecule has 224 valence electrons. The number of rotatable bonds is 13. The third-order valence-electron chi connectivity index (χ3n) is 7.64. The molecule has 0 bridgehead atoms. The lowest BCUT2D eigenvalue weighted by Crippen LogP contribution is -2.52. The molecular weight excluding hydrogens is 593 g/mol. The molecule has 1 atom stereocenters. The predicted molar refractivity (Wildman–Crippen MR) is 167 cm³/mol. The lowest BCUT2D eigenvalue weighted by molar-refractivity contribution is -0.141. The van der Waals surface area contributed by atoms with Crippen LogP contribution in [0, 0.1) is 0 Å². The maximum Gasteiger partial charge on any atom is 0.243 e. The summed E-state index contributed by atoms with van der Waals surface area (Å²) in [4.78, 5) is 29.5. The van der Waals surface area contributed by atoms with Gasteiger partial charge in [-0.1, -0.05) is 90.6 Å². The average Bonchev–Trinajstić information content (AvgIpc) is 3.49. The molecule has 42 heavy (non-hydrogen) atoms. The number of nitrogens with zero attached hydrogens (tertiary/aromatic N) is 2. The van der Waals surface area contributed by atoms with Crippen LogP contribution in [-0.4, -0.2) is 55.1 Å². The molecule has 1 aliphatic carbocycles. The molecule has 0 aliphatic heterocycles. The first-order valence-electron chi connectivity index (χ1n) is 14.2. The van der Waals surface area contributed by atoms with Crippen molar-refractivity contribution in [2.75, 3.05) is 13.6 Å². The van der Waals surface area contributed by atoms with E-state index in [0.717, 1.165) is 31.2 Å². The number of hydrogen-bond donors (Lipinski definition) is 1. The number of amides is 2. The van der Waals surface area contributed by atoms with Crippen molar-refractivity contribution in [3.05, 3.63) is 100 Å². The Hall–Kier alpha value is -2.91. The van der Waals surface area contributed by atoms with Crippen LogP contribution in [0.15, 0.2) is 83.8 Å². The molecule has 0 radical (unpaired) electrons. The average molecular weight is 631 g/mol. The molecule has 2 amide bonds. The first kappa shape index (κ1) is 32.0. The van der Waals surface area contributed by atoms with Gasteiger partial charge in [-0.25, -0.2) is 12.7 Å². The first-order valence-corrected chi connectivity index (χ1v) is 16.4. The van der Waals surface area contributed by atoms with E-state index in [2.05, 4.69) is 5.32 Å². The Morgan fingerprint density at radius 3 is 2.24 bits per heavy atom. The predicted octanol–water partition coefficient (Wildman–Crippen LogP) is 6.09. The third-order valence-corrected chi connectivity index (χ3v) is 10.1. The molecule has 1 saturated carbocycles. The van der Waals surface area contributed by atoms with Gasteiger partial charge in [0.15, 0.2) is 0 Å².